The Morgan fingerprint density at radius 3 is 2.67 bits per heavy atom. The number of urea groups is 1. The fraction of sp³-hybridized carbons (Fsp3) is 0.833. The van der Waals surface area contributed by atoms with Crippen LogP contribution >= 0.6 is 11.8 Å². The van der Waals surface area contributed by atoms with E-state index in [1.165, 1.54) is 11.3 Å². The monoisotopic (exact) mass is 272 g/mol. The van der Waals surface area contributed by atoms with Crippen molar-refractivity contribution in [1.82, 2.24) is 10.2 Å². The van der Waals surface area contributed by atoms with Crippen molar-refractivity contribution in [2.24, 2.45) is 0 Å². The summed E-state index contributed by atoms with van der Waals surface area (Å²) in [5, 5.41) is 11.9. The number of hydrogen-bond acceptors (Lipinski definition) is 3. The minimum absolute atomic E-state index is 0.189. The van der Waals surface area contributed by atoms with E-state index in [1.807, 2.05) is 0 Å². The van der Waals surface area contributed by atoms with Crippen LogP contribution in [-0.4, -0.2) is 52.1 Å². The molecule has 1 saturated heterocycles. The zero-order valence-electron chi connectivity index (χ0n) is 10.6. The van der Waals surface area contributed by atoms with Crippen molar-refractivity contribution in [3.05, 3.63) is 0 Å². The van der Waals surface area contributed by atoms with Crippen LogP contribution in [0.3, 0.4) is 0 Å². The highest BCUT2D eigenvalue weighted by molar-refractivity contribution is 8.00. The average molecular weight is 272 g/mol. The van der Waals surface area contributed by atoms with Crippen molar-refractivity contribution in [3.63, 3.8) is 0 Å². The van der Waals surface area contributed by atoms with Gasteiger partial charge in [-0.1, -0.05) is 6.42 Å². The van der Waals surface area contributed by atoms with E-state index in [9.17, 15) is 9.59 Å². The number of amides is 2. The van der Waals surface area contributed by atoms with Crippen molar-refractivity contribution in [1.29, 1.82) is 0 Å². The van der Waals surface area contributed by atoms with E-state index in [4.69, 9.17) is 5.11 Å². The first kappa shape index (κ1) is 13.5. The van der Waals surface area contributed by atoms with E-state index in [2.05, 4.69) is 11.6 Å². The Morgan fingerprint density at radius 1 is 1.44 bits per heavy atom. The summed E-state index contributed by atoms with van der Waals surface area (Å²) in [5.41, 5.74) is 0. The second kappa shape index (κ2) is 5.38. The van der Waals surface area contributed by atoms with E-state index in [-0.39, 0.29) is 10.8 Å². The van der Waals surface area contributed by atoms with Gasteiger partial charge in [0.05, 0.1) is 0 Å². The second-order valence-electron chi connectivity index (χ2n) is 5.09. The molecule has 6 heteroatoms. The quantitative estimate of drug-likeness (QED) is 0.814. The number of carboxylic acids is 1. The van der Waals surface area contributed by atoms with Gasteiger partial charge in [-0.2, -0.15) is 11.8 Å². The number of carbonyl (C=O) groups is 2. The first-order valence-electron chi connectivity index (χ1n) is 6.40. The standard InChI is InChI=1S/C12H20N2O3S/c1-18-12(5-3-6-12)8-13-11(17)14-7-2-4-9(14)10(15)16/h9H,2-8H2,1H3,(H,13,17)(H,15,16)/t9-/m1/s1. The zero-order chi connectivity index (χ0) is 13.2. The molecule has 0 aromatic heterocycles. The summed E-state index contributed by atoms with van der Waals surface area (Å²) < 4.78 is 0.189. The summed E-state index contributed by atoms with van der Waals surface area (Å²) >= 11 is 1.80. The molecule has 0 spiro atoms. The largest absolute Gasteiger partial charge is 0.480 e. The summed E-state index contributed by atoms with van der Waals surface area (Å²) in [5.74, 6) is -0.897. The molecule has 0 bridgehead atoms. The summed E-state index contributed by atoms with van der Waals surface area (Å²) in [6.07, 6.45) is 6.90. The lowest BCUT2D eigenvalue weighted by atomic mass is 9.84. The molecule has 0 radical (unpaired) electrons. The predicted molar refractivity (Wildman–Crippen MR) is 70.9 cm³/mol. The molecule has 1 aliphatic carbocycles. The van der Waals surface area contributed by atoms with Gasteiger partial charge in [0, 0.05) is 17.8 Å². The minimum atomic E-state index is -0.897. The molecule has 0 unspecified atom stereocenters. The van der Waals surface area contributed by atoms with Gasteiger partial charge in [-0.25, -0.2) is 9.59 Å². The summed E-state index contributed by atoms with van der Waals surface area (Å²) in [4.78, 5) is 24.5. The van der Waals surface area contributed by atoms with Gasteiger partial charge in [0.15, 0.2) is 0 Å². The third-order valence-corrected chi connectivity index (χ3v) is 5.48. The van der Waals surface area contributed by atoms with E-state index < -0.39 is 12.0 Å². The Kier molecular flexibility index (Phi) is 4.04. The summed E-state index contributed by atoms with van der Waals surface area (Å²) in [6.45, 7) is 1.20. The van der Waals surface area contributed by atoms with Crippen LogP contribution in [0.1, 0.15) is 32.1 Å². The van der Waals surface area contributed by atoms with Gasteiger partial charge in [-0.3, -0.25) is 0 Å². The van der Waals surface area contributed by atoms with Gasteiger partial charge in [-0.15, -0.1) is 0 Å². The van der Waals surface area contributed by atoms with Crippen LogP contribution in [0.25, 0.3) is 0 Å². The Bertz CT molecular complexity index is 339. The van der Waals surface area contributed by atoms with Crippen molar-refractivity contribution in [2.45, 2.75) is 42.9 Å². The highest BCUT2D eigenvalue weighted by atomic mass is 32.2. The van der Waals surface area contributed by atoms with Crippen molar-refractivity contribution in [2.75, 3.05) is 19.3 Å². The molecular formula is C12H20N2O3S. The predicted octanol–water partition coefficient (Wildman–Crippen LogP) is 1.53. The van der Waals surface area contributed by atoms with Crippen LogP contribution in [-0.2, 0) is 4.79 Å². The van der Waals surface area contributed by atoms with Crippen molar-refractivity contribution >= 4 is 23.8 Å². The average Bonchev–Trinajstić information content (AvgIpc) is 2.76. The normalized spacial score (nSPS) is 25.6. The molecular weight excluding hydrogens is 252 g/mol. The van der Waals surface area contributed by atoms with Gasteiger partial charge in [-0.05, 0) is 31.9 Å². The molecule has 5 nitrogen and oxygen atoms in total. The van der Waals surface area contributed by atoms with Crippen LogP contribution in [0.2, 0.25) is 0 Å². The number of rotatable bonds is 4. The first-order chi connectivity index (χ1) is 8.58. The second-order valence-corrected chi connectivity index (χ2v) is 6.36. The summed E-state index contributed by atoms with van der Waals surface area (Å²) in [6, 6.07) is -0.864. The maximum Gasteiger partial charge on any atom is 0.326 e. The molecule has 102 valence electrons. The number of nitrogens with one attached hydrogen (secondary N) is 1. The molecule has 1 saturated carbocycles. The molecule has 1 aliphatic heterocycles. The van der Waals surface area contributed by atoms with Crippen LogP contribution in [0.5, 0.6) is 0 Å². The molecule has 0 aromatic carbocycles. The van der Waals surface area contributed by atoms with Crippen LogP contribution in [0.15, 0.2) is 0 Å². The van der Waals surface area contributed by atoms with Crippen LogP contribution in [0, 0.1) is 0 Å². The van der Waals surface area contributed by atoms with E-state index >= 15 is 0 Å². The lowest BCUT2D eigenvalue weighted by Crippen LogP contribution is -2.51. The Balaban J connectivity index is 1.86. The maximum absolute atomic E-state index is 12.0. The minimum Gasteiger partial charge on any atom is -0.480 e. The Morgan fingerprint density at radius 2 is 2.17 bits per heavy atom. The van der Waals surface area contributed by atoms with Gasteiger partial charge < -0.3 is 15.3 Å². The van der Waals surface area contributed by atoms with E-state index in [1.54, 1.807) is 11.8 Å². The Hall–Kier alpha value is -0.910. The number of nitrogens with zero attached hydrogens (tertiary/aromatic N) is 1. The number of likely N-dealkylation sites (tertiary alicyclic amines) is 1. The molecule has 2 fully saturated rings. The summed E-state index contributed by atoms with van der Waals surface area (Å²) in [7, 11) is 0. The molecule has 2 N–H and O–H groups in total. The lowest BCUT2D eigenvalue weighted by Gasteiger charge is -2.40. The topological polar surface area (TPSA) is 69.6 Å². The van der Waals surface area contributed by atoms with Crippen molar-refractivity contribution in [3.8, 4) is 0 Å². The van der Waals surface area contributed by atoms with Gasteiger partial charge >= 0.3 is 12.0 Å². The fourth-order valence-electron chi connectivity index (χ4n) is 2.63. The third kappa shape index (κ3) is 2.58. The fourth-order valence-corrected chi connectivity index (χ4v) is 3.54. The Labute approximate surface area is 111 Å². The lowest BCUT2D eigenvalue weighted by molar-refractivity contribution is -0.141. The maximum atomic E-state index is 12.0. The van der Waals surface area contributed by atoms with Gasteiger partial charge in [0.25, 0.3) is 0 Å². The number of hydrogen-bond donors (Lipinski definition) is 2. The van der Waals surface area contributed by atoms with E-state index in [0.29, 0.717) is 19.5 Å². The first-order valence-corrected chi connectivity index (χ1v) is 7.63. The van der Waals surface area contributed by atoms with E-state index in [0.717, 1.165) is 19.3 Å². The van der Waals surface area contributed by atoms with Gasteiger partial charge in [0.1, 0.15) is 6.04 Å². The highest BCUT2D eigenvalue weighted by Crippen LogP contribution is 2.42. The number of aliphatic carboxylic acids is 1. The molecule has 0 aromatic rings. The smallest absolute Gasteiger partial charge is 0.326 e. The van der Waals surface area contributed by atoms with Crippen LogP contribution < -0.4 is 5.32 Å². The number of carbonyl (C=O) groups excluding carboxylic acids is 1. The highest BCUT2D eigenvalue weighted by Gasteiger charge is 2.38. The SMILES string of the molecule is CSC1(CNC(=O)N2CCC[C@@H]2C(=O)O)CCC1. The zero-order valence-corrected chi connectivity index (χ0v) is 11.5. The third-order valence-electron chi connectivity index (χ3n) is 4.06. The molecule has 18 heavy (non-hydrogen) atoms. The molecule has 1 atom stereocenters. The molecule has 2 amide bonds. The van der Waals surface area contributed by atoms with Crippen molar-refractivity contribution < 1.29 is 14.7 Å². The van der Waals surface area contributed by atoms with Crippen LogP contribution in [0.4, 0.5) is 4.79 Å². The molecule has 2 aliphatic rings. The number of carboxylic acid groups (broad SMARTS) is 1. The molecule has 2 rings (SSSR count). The number of thioether (sulfide) groups is 1. The van der Waals surface area contributed by atoms with Gasteiger partial charge in [0.2, 0.25) is 0 Å². The molecule has 1 heterocycles.